The summed E-state index contributed by atoms with van der Waals surface area (Å²) >= 11 is 0. The van der Waals surface area contributed by atoms with Gasteiger partial charge in [0, 0.05) is 12.2 Å². The highest BCUT2D eigenvalue weighted by atomic mass is 32.2. The second-order valence-corrected chi connectivity index (χ2v) is 7.72. The number of anilines is 1. The number of hydrogen-bond donors (Lipinski definition) is 1. The molecule has 29 heavy (non-hydrogen) atoms. The first-order chi connectivity index (χ1) is 13.6. The zero-order valence-electron chi connectivity index (χ0n) is 15.0. The minimum Gasteiger partial charge on any atom is -0.325 e. The van der Waals surface area contributed by atoms with Gasteiger partial charge in [-0.25, -0.2) is 8.42 Å². The highest BCUT2D eigenvalue weighted by molar-refractivity contribution is 7.89. The smallest absolute Gasteiger partial charge is 0.325 e. The molecule has 0 spiro atoms. The highest BCUT2D eigenvalue weighted by Gasteiger charge is 2.39. The molecule has 0 aliphatic rings. The van der Waals surface area contributed by atoms with Crippen LogP contribution in [-0.4, -0.2) is 31.7 Å². The van der Waals surface area contributed by atoms with Gasteiger partial charge in [-0.15, -0.1) is 6.58 Å². The predicted molar refractivity (Wildman–Crippen MR) is 100 cm³/mol. The number of amides is 1. The lowest BCUT2D eigenvalue weighted by Crippen LogP contribution is -2.38. The van der Waals surface area contributed by atoms with E-state index in [1.54, 1.807) is 0 Å². The van der Waals surface area contributed by atoms with Crippen LogP contribution >= 0.6 is 0 Å². The lowest BCUT2D eigenvalue weighted by atomic mass is 10.2. The molecule has 0 radical (unpaired) electrons. The zero-order chi connectivity index (χ0) is 21.7. The first kappa shape index (κ1) is 22.1. The summed E-state index contributed by atoms with van der Waals surface area (Å²) in [6.07, 6.45) is -3.71. The van der Waals surface area contributed by atoms with Crippen LogP contribution < -0.4 is 5.32 Å². The monoisotopic (exact) mass is 423 g/mol. The minimum absolute atomic E-state index is 0.306. The summed E-state index contributed by atoms with van der Waals surface area (Å²) in [5.41, 5.74) is -0.648. The Labute approximate surface area is 165 Å². The lowest BCUT2D eigenvalue weighted by Gasteiger charge is -2.22. The molecule has 152 valence electrons. The van der Waals surface area contributed by atoms with Gasteiger partial charge >= 0.3 is 6.18 Å². The van der Waals surface area contributed by atoms with Crippen LogP contribution in [0.4, 0.5) is 18.9 Å². The van der Waals surface area contributed by atoms with Gasteiger partial charge in [0.25, 0.3) is 0 Å². The Morgan fingerprint density at radius 1 is 1.17 bits per heavy atom. The van der Waals surface area contributed by atoms with Crippen LogP contribution in [0.2, 0.25) is 0 Å². The Morgan fingerprint density at radius 3 is 2.34 bits per heavy atom. The van der Waals surface area contributed by atoms with E-state index in [0.717, 1.165) is 12.1 Å². The minimum atomic E-state index is -4.88. The molecule has 0 saturated heterocycles. The van der Waals surface area contributed by atoms with Crippen LogP contribution in [0.3, 0.4) is 0 Å². The van der Waals surface area contributed by atoms with E-state index in [1.165, 1.54) is 36.4 Å². The normalized spacial score (nSPS) is 11.7. The Morgan fingerprint density at radius 2 is 1.79 bits per heavy atom. The van der Waals surface area contributed by atoms with Crippen LogP contribution in [0, 0.1) is 11.3 Å². The van der Waals surface area contributed by atoms with Crippen molar-refractivity contribution in [2.24, 2.45) is 0 Å². The maximum atomic E-state index is 13.2. The number of carbonyl (C=O) groups excluding carboxylic acids is 1. The fourth-order valence-corrected chi connectivity index (χ4v) is 4.02. The van der Waals surface area contributed by atoms with Crippen molar-refractivity contribution in [3.05, 3.63) is 72.3 Å². The Kier molecular flexibility index (Phi) is 6.79. The topological polar surface area (TPSA) is 90.3 Å². The second kappa shape index (κ2) is 8.89. The average Bonchev–Trinajstić information content (AvgIpc) is 2.67. The van der Waals surface area contributed by atoms with Crippen molar-refractivity contribution < 1.29 is 26.4 Å². The Bertz CT molecular complexity index is 1040. The number of alkyl halides is 3. The molecule has 0 fully saturated rings. The summed E-state index contributed by atoms with van der Waals surface area (Å²) in [7, 11) is -4.64. The summed E-state index contributed by atoms with van der Waals surface area (Å²) in [6, 6.07) is 11.5. The van der Waals surface area contributed by atoms with Crippen molar-refractivity contribution in [2.75, 3.05) is 18.4 Å². The summed E-state index contributed by atoms with van der Waals surface area (Å²) < 4.78 is 66.0. The standard InChI is InChI=1S/C19H16F3N3O3S/c1-2-11-25(13-18(26)24-15-9-7-14(12-23)8-10-15)29(27,28)17-6-4-3-5-16(17)19(20,21)22/h2-10H,1,11,13H2,(H,24,26). The first-order valence-electron chi connectivity index (χ1n) is 8.17. The molecule has 0 unspecified atom stereocenters. The first-order valence-corrected chi connectivity index (χ1v) is 9.61. The van der Waals surface area contributed by atoms with Gasteiger partial charge in [-0.1, -0.05) is 18.2 Å². The number of hydrogen-bond acceptors (Lipinski definition) is 4. The van der Waals surface area contributed by atoms with E-state index in [0.29, 0.717) is 21.6 Å². The van der Waals surface area contributed by atoms with Gasteiger partial charge in [0.15, 0.2) is 0 Å². The van der Waals surface area contributed by atoms with E-state index < -0.39 is 39.1 Å². The average molecular weight is 423 g/mol. The molecular formula is C19H16F3N3O3S. The molecule has 0 atom stereocenters. The molecular weight excluding hydrogens is 407 g/mol. The Hall–Kier alpha value is -3.16. The third-order valence-corrected chi connectivity index (χ3v) is 5.63. The van der Waals surface area contributed by atoms with Gasteiger partial charge in [-0.2, -0.15) is 22.7 Å². The number of halogens is 3. The quantitative estimate of drug-likeness (QED) is 0.692. The maximum Gasteiger partial charge on any atom is 0.417 e. The van der Waals surface area contributed by atoms with Crippen molar-refractivity contribution in [1.29, 1.82) is 5.26 Å². The Balaban J connectivity index is 2.29. The number of benzene rings is 2. The van der Waals surface area contributed by atoms with Gasteiger partial charge < -0.3 is 5.32 Å². The van der Waals surface area contributed by atoms with E-state index >= 15 is 0 Å². The van der Waals surface area contributed by atoms with Crippen LogP contribution in [0.5, 0.6) is 0 Å². The van der Waals surface area contributed by atoms with Gasteiger partial charge in [-0.05, 0) is 36.4 Å². The molecule has 0 aliphatic heterocycles. The summed E-state index contributed by atoms with van der Waals surface area (Å²) in [4.78, 5) is 11.3. The summed E-state index contributed by atoms with van der Waals surface area (Å²) in [5, 5.41) is 11.2. The van der Waals surface area contributed by atoms with Crippen molar-refractivity contribution in [3.63, 3.8) is 0 Å². The van der Waals surface area contributed by atoms with Gasteiger partial charge in [-0.3, -0.25) is 4.79 Å². The number of nitriles is 1. The van der Waals surface area contributed by atoms with Gasteiger partial charge in [0.2, 0.25) is 15.9 Å². The van der Waals surface area contributed by atoms with E-state index in [4.69, 9.17) is 5.26 Å². The van der Waals surface area contributed by atoms with Crippen LogP contribution in [0.25, 0.3) is 0 Å². The van der Waals surface area contributed by atoms with Crippen molar-refractivity contribution >= 4 is 21.6 Å². The molecule has 2 aromatic carbocycles. The molecule has 0 aromatic heterocycles. The molecule has 0 aliphatic carbocycles. The number of carbonyl (C=O) groups is 1. The number of sulfonamides is 1. The van der Waals surface area contributed by atoms with Crippen LogP contribution in [0.15, 0.2) is 66.1 Å². The molecule has 2 rings (SSSR count). The molecule has 1 N–H and O–H groups in total. The third kappa shape index (κ3) is 5.43. The van der Waals surface area contributed by atoms with E-state index in [2.05, 4.69) is 11.9 Å². The molecule has 2 aromatic rings. The lowest BCUT2D eigenvalue weighted by molar-refractivity contribution is -0.139. The van der Waals surface area contributed by atoms with E-state index in [9.17, 15) is 26.4 Å². The molecule has 0 heterocycles. The van der Waals surface area contributed by atoms with Crippen LogP contribution in [-0.2, 0) is 21.0 Å². The maximum absolute atomic E-state index is 13.2. The molecule has 0 saturated carbocycles. The molecule has 0 bridgehead atoms. The van der Waals surface area contributed by atoms with E-state index in [-0.39, 0.29) is 6.54 Å². The molecule has 6 nitrogen and oxygen atoms in total. The molecule has 10 heteroatoms. The number of nitrogens with one attached hydrogen (secondary N) is 1. The van der Waals surface area contributed by atoms with Crippen molar-refractivity contribution in [2.45, 2.75) is 11.1 Å². The fraction of sp³-hybridized carbons (Fsp3) is 0.158. The summed E-state index contributed by atoms with van der Waals surface area (Å²) in [5.74, 6) is -0.760. The number of rotatable bonds is 7. The van der Waals surface area contributed by atoms with E-state index in [1.807, 2.05) is 6.07 Å². The van der Waals surface area contributed by atoms with Gasteiger partial charge in [0.1, 0.15) is 0 Å². The van der Waals surface area contributed by atoms with Gasteiger partial charge in [0.05, 0.1) is 28.6 Å². The predicted octanol–water partition coefficient (Wildman–Crippen LogP) is 3.39. The largest absolute Gasteiger partial charge is 0.417 e. The summed E-state index contributed by atoms with van der Waals surface area (Å²) in [6.45, 7) is 2.31. The van der Waals surface area contributed by atoms with Crippen molar-refractivity contribution in [3.8, 4) is 6.07 Å². The SMILES string of the molecule is C=CCN(CC(=O)Nc1ccc(C#N)cc1)S(=O)(=O)c1ccccc1C(F)(F)F. The number of nitrogens with zero attached hydrogens (tertiary/aromatic N) is 2. The fourth-order valence-electron chi connectivity index (χ4n) is 2.45. The van der Waals surface area contributed by atoms with Crippen molar-refractivity contribution in [1.82, 2.24) is 4.31 Å². The second-order valence-electron chi connectivity index (χ2n) is 5.82. The molecule has 1 amide bonds. The zero-order valence-corrected chi connectivity index (χ0v) is 15.8. The van der Waals surface area contributed by atoms with Crippen LogP contribution in [0.1, 0.15) is 11.1 Å². The third-order valence-electron chi connectivity index (χ3n) is 3.76. The highest BCUT2D eigenvalue weighted by Crippen LogP contribution is 2.35.